The fourth-order valence-corrected chi connectivity index (χ4v) is 3.35. The third kappa shape index (κ3) is 2.48. The van der Waals surface area contributed by atoms with Crippen molar-refractivity contribution >= 4 is 32.6 Å². The predicted molar refractivity (Wildman–Crippen MR) is 78.6 cm³/mol. The predicted octanol–water partition coefficient (Wildman–Crippen LogP) is 2.41. The van der Waals surface area contributed by atoms with E-state index in [0.717, 1.165) is 36.1 Å². The summed E-state index contributed by atoms with van der Waals surface area (Å²) in [7, 11) is 0. The maximum Gasteiger partial charge on any atom is 0.230 e. The van der Waals surface area contributed by atoms with Crippen LogP contribution in [0.25, 0.3) is 10.2 Å². The number of anilines is 1. The van der Waals surface area contributed by atoms with Crippen molar-refractivity contribution in [3.05, 3.63) is 23.8 Å². The maximum atomic E-state index is 12.1. The molecule has 2 aromatic rings. The molecule has 1 unspecified atom stereocenters. The normalized spacial score (nSPS) is 18.9. The van der Waals surface area contributed by atoms with Crippen molar-refractivity contribution in [2.75, 3.05) is 18.4 Å². The van der Waals surface area contributed by atoms with E-state index in [-0.39, 0.29) is 11.8 Å². The number of aromatic nitrogens is 1. The number of para-hydroxylation sites is 1. The van der Waals surface area contributed by atoms with E-state index in [4.69, 9.17) is 0 Å². The molecule has 4 nitrogen and oxygen atoms in total. The molecule has 1 aliphatic rings. The molecule has 0 aliphatic carbocycles. The Kier molecular flexibility index (Phi) is 3.48. The summed E-state index contributed by atoms with van der Waals surface area (Å²) >= 11 is 1.55. The summed E-state index contributed by atoms with van der Waals surface area (Å²) in [6.07, 6.45) is 1.87. The molecule has 1 aromatic heterocycles. The van der Waals surface area contributed by atoms with Crippen LogP contribution in [0.15, 0.2) is 18.2 Å². The number of carbonyl (C=O) groups is 1. The fraction of sp³-hybridized carbons (Fsp3) is 0.429. The van der Waals surface area contributed by atoms with Gasteiger partial charge in [0.15, 0.2) is 5.13 Å². The summed E-state index contributed by atoms with van der Waals surface area (Å²) in [6.45, 7) is 3.82. The SMILES string of the molecule is CCc1cccc2sc(NC(=O)C3CCNC3)nc12. The molecule has 0 radical (unpaired) electrons. The van der Waals surface area contributed by atoms with Crippen LogP contribution in [0, 0.1) is 5.92 Å². The van der Waals surface area contributed by atoms with Gasteiger partial charge in [-0.1, -0.05) is 30.4 Å². The molecule has 3 rings (SSSR count). The fourth-order valence-electron chi connectivity index (χ4n) is 2.43. The van der Waals surface area contributed by atoms with Gasteiger partial charge in [0.25, 0.3) is 0 Å². The van der Waals surface area contributed by atoms with Crippen LogP contribution < -0.4 is 10.6 Å². The van der Waals surface area contributed by atoms with E-state index in [0.29, 0.717) is 5.13 Å². The number of nitrogens with zero attached hydrogens (tertiary/aromatic N) is 1. The lowest BCUT2D eigenvalue weighted by Gasteiger charge is -2.06. The molecule has 1 amide bonds. The van der Waals surface area contributed by atoms with E-state index < -0.39 is 0 Å². The van der Waals surface area contributed by atoms with Gasteiger partial charge in [0.05, 0.1) is 16.1 Å². The molecule has 0 bridgehead atoms. The summed E-state index contributed by atoms with van der Waals surface area (Å²) in [5.41, 5.74) is 2.26. The van der Waals surface area contributed by atoms with E-state index in [9.17, 15) is 4.79 Å². The van der Waals surface area contributed by atoms with E-state index in [1.807, 2.05) is 6.07 Å². The molecule has 0 spiro atoms. The zero-order valence-electron chi connectivity index (χ0n) is 10.9. The number of carbonyl (C=O) groups excluding carboxylic acids is 1. The second kappa shape index (κ2) is 5.27. The monoisotopic (exact) mass is 275 g/mol. The van der Waals surface area contributed by atoms with Crippen molar-refractivity contribution in [2.45, 2.75) is 19.8 Å². The van der Waals surface area contributed by atoms with Gasteiger partial charge in [-0.15, -0.1) is 0 Å². The summed E-state index contributed by atoms with van der Waals surface area (Å²) < 4.78 is 1.14. The standard InChI is InChI=1S/C14H17N3OS/c1-2-9-4-3-5-11-12(9)16-14(19-11)17-13(18)10-6-7-15-8-10/h3-5,10,15H,2,6-8H2,1H3,(H,16,17,18). The van der Waals surface area contributed by atoms with Crippen LogP contribution in [0.4, 0.5) is 5.13 Å². The highest BCUT2D eigenvalue weighted by molar-refractivity contribution is 7.22. The lowest BCUT2D eigenvalue weighted by molar-refractivity contribution is -0.119. The van der Waals surface area contributed by atoms with E-state index >= 15 is 0 Å². The Morgan fingerprint density at radius 3 is 3.21 bits per heavy atom. The van der Waals surface area contributed by atoms with Crippen LogP contribution >= 0.6 is 11.3 Å². The molecule has 1 aliphatic heterocycles. The van der Waals surface area contributed by atoms with Crippen molar-refractivity contribution in [3.63, 3.8) is 0 Å². The molecule has 1 atom stereocenters. The molecule has 19 heavy (non-hydrogen) atoms. The molecular formula is C14H17N3OS. The first-order valence-electron chi connectivity index (χ1n) is 6.68. The molecule has 5 heteroatoms. The molecule has 2 heterocycles. The maximum absolute atomic E-state index is 12.1. The number of aryl methyl sites for hydroxylation is 1. The Morgan fingerprint density at radius 1 is 1.58 bits per heavy atom. The number of hydrogen-bond acceptors (Lipinski definition) is 4. The van der Waals surface area contributed by atoms with Gasteiger partial charge < -0.3 is 10.6 Å². The number of hydrogen-bond donors (Lipinski definition) is 2. The average molecular weight is 275 g/mol. The lowest BCUT2D eigenvalue weighted by Crippen LogP contribution is -2.24. The number of fused-ring (bicyclic) bond motifs is 1. The third-order valence-electron chi connectivity index (χ3n) is 3.54. The highest BCUT2D eigenvalue weighted by Crippen LogP contribution is 2.29. The average Bonchev–Trinajstić information content (AvgIpc) is 3.06. The molecule has 1 fully saturated rings. The van der Waals surface area contributed by atoms with Crippen molar-refractivity contribution in [3.8, 4) is 0 Å². The van der Waals surface area contributed by atoms with Crippen molar-refractivity contribution < 1.29 is 4.79 Å². The topological polar surface area (TPSA) is 54.0 Å². The summed E-state index contributed by atoms with van der Waals surface area (Å²) in [5.74, 6) is 0.166. The van der Waals surface area contributed by atoms with Crippen LogP contribution in [0.3, 0.4) is 0 Å². The zero-order valence-corrected chi connectivity index (χ0v) is 11.7. The number of thiazole rings is 1. The number of nitrogens with one attached hydrogen (secondary N) is 2. The van der Waals surface area contributed by atoms with Crippen LogP contribution in [0.1, 0.15) is 18.9 Å². The third-order valence-corrected chi connectivity index (χ3v) is 4.48. The number of rotatable bonds is 3. The molecule has 1 saturated heterocycles. The summed E-state index contributed by atoms with van der Waals surface area (Å²) in [6, 6.07) is 6.19. The largest absolute Gasteiger partial charge is 0.316 e. The van der Waals surface area contributed by atoms with Gasteiger partial charge in [-0.2, -0.15) is 0 Å². The minimum atomic E-state index is 0.0812. The molecule has 0 saturated carbocycles. The minimum absolute atomic E-state index is 0.0812. The van der Waals surface area contributed by atoms with Crippen LogP contribution in [-0.2, 0) is 11.2 Å². The first kappa shape index (κ1) is 12.6. The lowest BCUT2D eigenvalue weighted by atomic mass is 10.1. The van der Waals surface area contributed by atoms with Gasteiger partial charge in [-0.3, -0.25) is 4.79 Å². The zero-order chi connectivity index (χ0) is 13.2. The highest BCUT2D eigenvalue weighted by atomic mass is 32.1. The molecule has 2 N–H and O–H groups in total. The van der Waals surface area contributed by atoms with Crippen molar-refractivity contribution in [2.24, 2.45) is 5.92 Å². The Morgan fingerprint density at radius 2 is 2.47 bits per heavy atom. The van der Waals surface area contributed by atoms with Gasteiger partial charge >= 0.3 is 0 Å². The Bertz CT molecular complexity index is 602. The molecular weight excluding hydrogens is 258 g/mol. The Hall–Kier alpha value is -1.46. The van der Waals surface area contributed by atoms with E-state index in [2.05, 4.69) is 34.7 Å². The van der Waals surface area contributed by atoms with Gasteiger partial charge in [0.2, 0.25) is 5.91 Å². The minimum Gasteiger partial charge on any atom is -0.316 e. The Balaban J connectivity index is 1.83. The second-order valence-electron chi connectivity index (χ2n) is 4.82. The smallest absolute Gasteiger partial charge is 0.230 e. The number of benzene rings is 1. The van der Waals surface area contributed by atoms with E-state index in [1.54, 1.807) is 11.3 Å². The second-order valence-corrected chi connectivity index (χ2v) is 5.85. The molecule has 1 aromatic carbocycles. The van der Waals surface area contributed by atoms with Crippen LogP contribution in [-0.4, -0.2) is 24.0 Å². The Labute approximate surface area is 116 Å². The van der Waals surface area contributed by atoms with Crippen LogP contribution in [0.5, 0.6) is 0 Å². The van der Waals surface area contributed by atoms with Crippen molar-refractivity contribution in [1.82, 2.24) is 10.3 Å². The quantitative estimate of drug-likeness (QED) is 0.904. The summed E-state index contributed by atoms with van der Waals surface area (Å²) in [4.78, 5) is 16.6. The molecule has 100 valence electrons. The number of amides is 1. The van der Waals surface area contributed by atoms with Gasteiger partial charge in [0.1, 0.15) is 0 Å². The first-order chi connectivity index (χ1) is 9.28. The van der Waals surface area contributed by atoms with Gasteiger partial charge in [0, 0.05) is 6.54 Å². The van der Waals surface area contributed by atoms with Gasteiger partial charge in [-0.05, 0) is 31.0 Å². The van der Waals surface area contributed by atoms with Crippen molar-refractivity contribution in [1.29, 1.82) is 0 Å². The first-order valence-corrected chi connectivity index (χ1v) is 7.49. The summed E-state index contributed by atoms with van der Waals surface area (Å²) in [5, 5.41) is 6.87. The van der Waals surface area contributed by atoms with Gasteiger partial charge in [-0.25, -0.2) is 4.98 Å². The van der Waals surface area contributed by atoms with Crippen LogP contribution in [0.2, 0.25) is 0 Å². The highest BCUT2D eigenvalue weighted by Gasteiger charge is 2.23. The van der Waals surface area contributed by atoms with E-state index in [1.165, 1.54) is 5.56 Å².